The lowest BCUT2D eigenvalue weighted by atomic mass is 9.98. The van der Waals surface area contributed by atoms with Crippen LogP contribution in [0.5, 0.6) is 0 Å². The van der Waals surface area contributed by atoms with Crippen LogP contribution in [0.1, 0.15) is 22.7 Å². The Morgan fingerprint density at radius 1 is 1.50 bits per heavy atom. The SMILES string of the molecule is Cc1cccc2c1CSC[C@@H]2N. The van der Waals surface area contributed by atoms with E-state index in [-0.39, 0.29) is 6.04 Å². The van der Waals surface area contributed by atoms with Crippen LogP contribution in [0.25, 0.3) is 0 Å². The van der Waals surface area contributed by atoms with Crippen molar-refractivity contribution in [2.75, 3.05) is 5.75 Å². The summed E-state index contributed by atoms with van der Waals surface area (Å²) in [6.07, 6.45) is 0. The second-order valence-electron chi connectivity index (χ2n) is 3.26. The van der Waals surface area contributed by atoms with Gasteiger partial charge in [-0.1, -0.05) is 18.2 Å². The Morgan fingerprint density at radius 3 is 3.08 bits per heavy atom. The van der Waals surface area contributed by atoms with Crippen molar-refractivity contribution in [3.05, 3.63) is 34.9 Å². The first kappa shape index (κ1) is 8.14. The maximum Gasteiger partial charge on any atom is 0.0390 e. The zero-order valence-corrected chi connectivity index (χ0v) is 8.03. The van der Waals surface area contributed by atoms with Gasteiger partial charge in [-0.25, -0.2) is 0 Å². The monoisotopic (exact) mass is 179 g/mol. The molecular formula is C10H13NS. The standard InChI is InChI=1S/C10H13NS/c1-7-3-2-4-8-9(7)5-12-6-10(8)11/h2-4,10H,5-6,11H2,1H3/t10-/m0/s1. The molecule has 0 fully saturated rings. The normalized spacial score (nSPS) is 22.0. The van der Waals surface area contributed by atoms with Crippen molar-refractivity contribution >= 4 is 11.8 Å². The fraction of sp³-hybridized carbons (Fsp3) is 0.400. The van der Waals surface area contributed by atoms with Gasteiger partial charge in [-0.15, -0.1) is 0 Å². The van der Waals surface area contributed by atoms with Gasteiger partial charge in [0.2, 0.25) is 0 Å². The summed E-state index contributed by atoms with van der Waals surface area (Å²) in [5, 5.41) is 0. The molecule has 1 aromatic carbocycles. The minimum Gasteiger partial charge on any atom is -0.323 e. The maximum atomic E-state index is 5.99. The summed E-state index contributed by atoms with van der Waals surface area (Å²) in [5.41, 5.74) is 10.2. The molecule has 12 heavy (non-hydrogen) atoms. The van der Waals surface area contributed by atoms with Gasteiger partial charge in [-0.3, -0.25) is 0 Å². The number of benzene rings is 1. The van der Waals surface area contributed by atoms with Crippen LogP contribution in [-0.4, -0.2) is 5.75 Å². The number of hydrogen-bond donors (Lipinski definition) is 1. The molecule has 1 aliphatic rings. The highest BCUT2D eigenvalue weighted by Crippen LogP contribution is 2.31. The van der Waals surface area contributed by atoms with Crippen molar-refractivity contribution in [1.82, 2.24) is 0 Å². The molecule has 1 aliphatic heterocycles. The molecule has 0 radical (unpaired) electrons. The third-order valence-electron chi connectivity index (χ3n) is 2.39. The van der Waals surface area contributed by atoms with Gasteiger partial charge in [-0.05, 0) is 23.6 Å². The molecule has 1 heterocycles. The van der Waals surface area contributed by atoms with E-state index < -0.39 is 0 Å². The summed E-state index contributed by atoms with van der Waals surface area (Å²) in [5.74, 6) is 2.20. The summed E-state index contributed by atoms with van der Waals surface area (Å²) >= 11 is 1.93. The summed E-state index contributed by atoms with van der Waals surface area (Å²) in [6.45, 7) is 2.16. The van der Waals surface area contributed by atoms with Crippen molar-refractivity contribution in [2.24, 2.45) is 5.73 Å². The predicted octanol–water partition coefficient (Wildman–Crippen LogP) is 2.24. The Labute approximate surface area is 77.3 Å². The van der Waals surface area contributed by atoms with E-state index in [1.54, 1.807) is 0 Å². The van der Waals surface area contributed by atoms with E-state index in [2.05, 4.69) is 25.1 Å². The molecule has 0 saturated heterocycles. The van der Waals surface area contributed by atoms with Crippen LogP contribution in [-0.2, 0) is 5.75 Å². The van der Waals surface area contributed by atoms with Crippen molar-refractivity contribution in [3.8, 4) is 0 Å². The van der Waals surface area contributed by atoms with Gasteiger partial charge in [0.15, 0.2) is 0 Å². The Bertz CT molecular complexity index is 296. The van der Waals surface area contributed by atoms with Crippen LogP contribution in [0, 0.1) is 6.92 Å². The second-order valence-corrected chi connectivity index (χ2v) is 4.29. The third-order valence-corrected chi connectivity index (χ3v) is 3.48. The van der Waals surface area contributed by atoms with Crippen LogP contribution < -0.4 is 5.73 Å². The van der Waals surface area contributed by atoms with E-state index in [0.717, 1.165) is 11.5 Å². The van der Waals surface area contributed by atoms with Crippen LogP contribution in [0.4, 0.5) is 0 Å². The average Bonchev–Trinajstić information content (AvgIpc) is 2.07. The van der Waals surface area contributed by atoms with Gasteiger partial charge in [0.25, 0.3) is 0 Å². The summed E-state index contributed by atoms with van der Waals surface area (Å²) < 4.78 is 0. The molecule has 0 aromatic heterocycles. The molecule has 0 amide bonds. The lowest BCUT2D eigenvalue weighted by Gasteiger charge is -2.23. The molecule has 2 N–H and O–H groups in total. The summed E-state index contributed by atoms with van der Waals surface area (Å²) in [7, 11) is 0. The van der Waals surface area contributed by atoms with E-state index in [0.29, 0.717) is 0 Å². The van der Waals surface area contributed by atoms with Gasteiger partial charge in [0, 0.05) is 17.5 Å². The Hall–Kier alpha value is -0.470. The van der Waals surface area contributed by atoms with Crippen molar-refractivity contribution in [3.63, 3.8) is 0 Å². The number of aryl methyl sites for hydroxylation is 1. The van der Waals surface area contributed by atoms with Gasteiger partial charge in [0.1, 0.15) is 0 Å². The topological polar surface area (TPSA) is 26.0 Å². The molecule has 0 aliphatic carbocycles. The lowest BCUT2D eigenvalue weighted by molar-refractivity contribution is 0.806. The molecule has 0 saturated carbocycles. The zero-order valence-electron chi connectivity index (χ0n) is 7.21. The number of fused-ring (bicyclic) bond motifs is 1. The Balaban J connectivity index is 2.52. The van der Waals surface area contributed by atoms with Crippen molar-refractivity contribution in [1.29, 1.82) is 0 Å². The van der Waals surface area contributed by atoms with E-state index in [9.17, 15) is 0 Å². The molecule has 0 bridgehead atoms. The van der Waals surface area contributed by atoms with Gasteiger partial charge >= 0.3 is 0 Å². The smallest absolute Gasteiger partial charge is 0.0390 e. The molecule has 1 aromatic rings. The first-order valence-electron chi connectivity index (χ1n) is 4.21. The van der Waals surface area contributed by atoms with Gasteiger partial charge < -0.3 is 5.73 Å². The highest BCUT2D eigenvalue weighted by atomic mass is 32.2. The fourth-order valence-electron chi connectivity index (χ4n) is 1.65. The summed E-state index contributed by atoms with van der Waals surface area (Å²) in [4.78, 5) is 0. The van der Waals surface area contributed by atoms with Gasteiger partial charge in [-0.2, -0.15) is 11.8 Å². The van der Waals surface area contributed by atoms with Crippen molar-refractivity contribution < 1.29 is 0 Å². The van der Waals surface area contributed by atoms with E-state index >= 15 is 0 Å². The van der Waals surface area contributed by atoms with Crippen LogP contribution >= 0.6 is 11.8 Å². The highest BCUT2D eigenvalue weighted by Gasteiger charge is 2.17. The van der Waals surface area contributed by atoms with E-state index in [1.807, 2.05) is 11.8 Å². The van der Waals surface area contributed by atoms with E-state index in [1.165, 1.54) is 16.7 Å². The van der Waals surface area contributed by atoms with Crippen LogP contribution in [0.3, 0.4) is 0 Å². The Morgan fingerprint density at radius 2 is 2.33 bits per heavy atom. The van der Waals surface area contributed by atoms with Gasteiger partial charge in [0.05, 0.1) is 0 Å². The number of thioether (sulfide) groups is 1. The highest BCUT2D eigenvalue weighted by molar-refractivity contribution is 7.98. The second kappa shape index (κ2) is 3.11. The minimum absolute atomic E-state index is 0.249. The fourth-order valence-corrected chi connectivity index (χ4v) is 2.80. The quantitative estimate of drug-likeness (QED) is 0.661. The predicted molar refractivity (Wildman–Crippen MR) is 54.3 cm³/mol. The largest absolute Gasteiger partial charge is 0.323 e. The molecule has 0 unspecified atom stereocenters. The summed E-state index contributed by atoms with van der Waals surface area (Å²) in [6, 6.07) is 6.67. The zero-order chi connectivity index (χ0) is 8.55. The molecular weight excluding hydrogens is 166 g/mol. The molecule has 2 heteroatoms. The molecule has 1 atom stereocenters. The molecule has 0 spiro atoms. The Kier molecular flexibility index (Phi) is 2.11. The first-order valence-corrected chi connectivity index (χ1v) is 5.36. The average molecular weight is 179 g/mol. The lowest BCUT2D eigenvalue weighted by Crippen LogP contribution is -2.19. The maximum absolute atomic E-state index is 5.99. The third kappa shape index (κ3) is 1.25. The van der Waals surface area contributed by atoms with Crippen molar-refractivity contribution in [2.45, 2.75) is 18.7 Å². The minimum atomic E-state index is 0.249. The molecule has 2 rings (SSSR count). The van der Waals surface area contributed by atoms with Crippen LogP contribution in [0.2, 0.25) is 0 Å². The number of hydrogen-bond acceptors (Lipinski definition) is 2. The van der Waals surface area contributed by atoms with E-state index in [4.69, 9.17) is 5.73 Å². The first-order chi connectivity index (χ1) is 5.79. The number of nitrogens with two attached hydrogens (primary N) is 1. The van der Waals surface area contributed by atoms with Crippen LogP contribution in [0.15, 0.2) is 18.2 Å². The molecule has 64 valence electrons. The molecule has 1 nitrogen and oxygen atoms in total. The number of rotatable bonds is 0.